The summed E-state index contributed by atoms with van der Waals surface area (Å²) in [6.45, 7) is 1.75. The molecule has 1 N–H and O–H groups in total. The number of rotatable bonds is 3. The molecule has 0 saturated heterocycles. The largest absolute Gasteiger partial charge is 0.323 e. The van der Waals surface area contributed by atoms with Crippen LogP contribution in [0.5, 0.6) is 0 Å². The summed E-state index contributed by atoms with van der Waals surface area (Å²) in [5.41, 5.74) is 0.961. The van der Waals surface area contributed by atoms with Gasteiger partial charge in [-0.25, -0.2) is 0 Å². The van der Waals surface area contributed by atoms with Crippen LogP contribution < -0.4 is 5.32 Å². The summed E-state index contributed by atoms with van der Waals surface area (Å²) in [5.74, 6) is -0.207. The summed E-state index contributed by atoms with van der Waals surface area (Å²) >= 11 is 0. The van der Waals surface area contributed by atoms with Crippen molar-refractivity contribution in [3.63, 3.8) is 0 Å². The molecule has 0 spiro atoms. The molecule has 1 unspecified atom stereocenters. The molecule has 90 valence electrons. The highest BCUT2D eigenvalue weighted by Gasteiger charge is 2.16. The Morgan fingerprint density at radius 1 is 1.44 bits per heavy atom. The van der Waals surface area contributed by atoms with E-state index in [2.05, 4.69) is 10.4 Å². The smallest absolute Gasteiger partial charge is 0.248 e. The number of nitriles is 1. The van der Waals surface area contributed by atoms with Gasteiger partial charge in [-0.05, 0) is 25.1 Å². The van der Waals surface area contributed by atoms with Gasteiger partial charge in [-0.1, -0.05) is 12.1 Å². The number of nitrogens with one attached hydrogen (secondary N) is 1. The van der Waals surface area contributed by atoms with Gasteiger partial charge in [0, 0.05) is 12.4 Å². The standard InChI is InChI=1S/C13H12N4O/c1-10(17-8-4-7-15-17)13(18)16-12-6-3-2-5-11(12)9-14/h2-8,10H,1H3,(H,16,18). The summed E-state index contributed by atoms with van der Waals surface area (Å²) in [7, 11) is 0. The second kappa shape index (κ2) is 5.15. The first kappa shape index (κ1) is 11.9. The number of anilines is 1. The van der Waals surface area contributed by atoms with Crippen molar-refractivity contribution in [2.24, 2.45) is 0 Å². The number of nitrogens with zero attached hydrogens (tertiary/aromatic N) is 3. The second-order valence-corrected chi connectivity index (χ2v) is 3.81. The molecule has 2 rings (SSSR count). The van der Waals surface area contributed by atoms with E-state index in [4.69, 9.17) is 5.26 Å². The number of carbonyl (C=O) groups is 1. The maximum atomic E-state index is 12.0. The second-order valence-electron chi connectivity index (χ2n) is 3.81. The Bertz CT molecular complexity index is 583. The van der Waals surface area contributed by atoms with Gasteiger partial charge in [-0.3, -0.25) is 9.48 Å². The van der Waals surface area contributed by atoms with Gasteiger partial charge in [0.15, 0.2) is 0 Å². The Morgan fingerprint density at radius 2 is 2.22 bits per heavy atom. The zero-order valence-corrected chi connectivity index (χ0v) is 9.87. The summed E-state index contributed by atoms with van der Waals surface area (Å²) < 4.78 is 1.56. The third kappa shape index (κ3) is 2.38. The molecule has 2 aromatic rings. The van der Waals surface area contributed by atoms with Gasteiger partial charge in [0.1, 0.15) is 12.1 Å². The van der Waals surface area contributed by atoms with E-state index in [1.54, 1.807) is 54.3 Å². The van der Waals surface area contributed by atoms with Gasteiger partial charge in [0.2, 0.25) is 5.91 Å². The van der Waals surface area contributed by atoms with Crippen LogP contribution in [-0.2, 0) is 4.79 Å². The van der Waals surface area contributed by atoms with Crippen molar-refractivity contribution in [2.45, 2.75) is 13.0 Å². The Morgan fingerprint density at radius 3 is 2.89 bits per heavy atom. The fraction of sp³-hybridized carbons (Fsp3) is 0.154. The summed E-state index contributed by atoms with van der Waals surface area (Å²) in [6.07, 6.45) is 3.34. The Kier molecular flexibility index (Phi) is 3.39. The van der Waals surface area contributed by atoms with Crippen LogP contribution in [0.2, 0.25) is 0 Å². The van der Waals surface area contributed by atoms with Crippen molar-refractivity contribution < 1.29 is 4.79 Å². The highest BCUT2D eigenvalue weighted by Crippen LogP contribution is 2.15. The lowest BCUT2D eigenvalue weighted by molar-refractivity contribution is -0.119. The van der Waals surface area contributed by atoms with Gasteiger partial charge in [-0.2, -0.15) is 10.4 Å². The minimum absolute atomic E-state index is 0.207. The molecule has 0 aliphatic carbocycles. The van der Waals surface area contributed by atoms with Crippen molar-refractivity contribution >= 4 is 11.6 Å². The van der Waals surface area contributed by atoms with Crippen molar-refractivity contribution in [1.29, 1.82) is 5.26 Å². The van der Waals surface area contributed by atoms with Crippen LogP contribution in [0.4, 0.5) is 5.69 Å². The maximum absolute atomic E-state index is 12.0. The fourth-order valence-electron chi connectivity index (χ4n) is 1.56. The van der Waals surface area contributed by atoms with E-state index in [1.807, 2.05) is 6.07 Å². The predicted molar refractivity (Wildman–Crippen MR) is 66.7 cm³/mol. The number of carbonyl (C=O) groups excluding carboxylic acids is 1. The Labute approximate surface area is 105 Å². The fourth-order valence-corrected chi connectivity index (χ4v) is 1.56. The lowest BCUT2D eigenvalue weighted by Gasteiger charge is -2.13. The molecule has 5 nitrogen and oxygen atoms in total. The molecule has 1 heterocycles. The van der Waals surface area contributed by atoms with Crippen LogP contribution in [-0.4, -0.2) is 15.7 Å². The lowest BCUT2D eigenvalue weighted by atomic mass is 10.2. The summed E-state index contributed by atoms with van der Waals surface area (Å²) in [5, 5.41) is 15.7. The van der Waals surface area contributed by atoms with E-state index in [0.717, 1.165) is 0 Å². The quantitative estimate of drug-likeness (QED) is 0.891. The molecule has 1 amide bonds. The van der Waals surface area contributed by atoms with E-state index in [0.29, 0.717) is 11.3 Å². The monoisotopic (exact) mass is 240 g/mol. The van der Waals surface area contributed by atoms with E-state index in [9.17, 15) is 4.79 Å². The Hall–Kier alpha value is -2.61. The van der Waals surface area contributed by atoms with Gasteiger partial charge < -0.3 is 5.32 Å². The molecule has 0 saturated carbocycles. The molecule has 1 aromatic heterocycles. The van der Waals surface area contributed by atoms with Crippen molar-refractivity contribution in [3.05, 3.63) is 48.3 Å². The molecule has 0 bridgehead atoms. The van der Waals surface area contributed by atoms with Gasteiger partial charge in [-0.15, -0.1) is 0 Å². The van der Waals surface area contributed by atoms with Crippen molar-refractivity contribution in [2.75, 3.05) is 5.32 Å². The third-order valence-corrected chi connectivity index (χ3v) is 2.61. The molecule has 1 atom stereocenters. The van der Waals surface area contributed by atoms with Crippen molar-refractivity contribution in [3.8, 4) is 6.07 Å². The zero-order valence-electron chi connectivity index (χ0n) is 9.87. The van der Waals surface area contributed by atoms with Crippen molar-refractivity contribution in [1.82, 2.24) is 9.78 Å². The van der Waals surface area contributed by atoms with Crippen LogP contribution >= 0.6 is 0 Å². The first-order valence-electron chi connectivity index (χ1n) is 5.51. The highest BCUT2D eigenvalue weighted by molar-refractivity contribution is 5.94. The van der Waals surface area contributed by atoms with Gasteiger partial charge in [0.25, 0.3) is 0 Å². The zero-order chi connectivity index (χ0) is 13.0. The third-order valence-electron chi connectivity index (χ3n) is 2.61. The minimum Gasteiger partial charge on any atom is -0.323 e. The molecule has 1 aromatic carbocycles. The topological polar surface area (TPSA) is 70.7 Å². The van der Waals surface area contributed by atoms with Crippen LogP contribution in [0.15, 0.2) is 42.7 Å². The molecular formula is C13H12N4O. The number of benzene rings is 1. The average molecular weight is 240 g/mol. The SMILES string of the molecule is CC(C(=O)Nc1ccccc1C#N)n1cccn1. The first-order chi connectivity index (χ1) is 8.72. The Balaban J connectivity index is 2.15. The summed E-state index contributed by atoms with van der Waals surface area (Å²) in [6, 6.07) is 10.3. The van der Waals surface area contributed by atoms with Crippen LogP contribution in [0, 0.1) is 11.3 Å². The van der Waals surface area contributed by atoms with Gasteiger partial charge >= 0.3 is 0 Å². The minimum atomic E-state index is -0.424. The molecule has 0 aliphatic rings. The molecule has 0 fully saturated rings. The number of aromatic nitrogens is 2. The molecular weight excluding hydrogens is 228 g/mol. The number of para-hydroxylation sites is 1. The van der Waals surface area contributed by atoms with E-state index in [-0.39, 0.29) is 5.91 Å². The normalized spacial score (nSPS) is 11.6. The molecule has 18 heavy (non-hydrogen) atoms. The van der Waals surface area contributed by atoms with Crippen LogP contribution in [0.3, 0.4) is 0 Å². The lowest BCUT2D eigenvalue weighted by Crippen LogP contribution is -2.24. The van der Waals surface area contributed by atoms with Crippen LogP contribution in [0.1, 0.15) is 18.5 Å². The molecule has 0 aliphatic heterocycles. The molecule has 0 radical (unpaired) electrons. The van der Waals surface area contributed by atoms with E-state index < -0.39 is 6.04 Å². The van der Waals surface area contributed by atoms with E-state index >= 15 is 0 Å². The number of amides is 1. The highest BCUT2D eigenvalue weighted by atomic mass is 16.2. The average Bonchev–Trinajstić information content (AvgIpc) is 2.92. The first-order valence-corrected chi connectivity index (χ1v) is 5.51. The number of hydrogen-bond acceptors (Lipinski definition) is 3. The molecule has 5 heteroatoms. The van der Waals surface area contributed by atoms with E-state index in [1.165, 1.54) is 0 Å². The van der Waals surface area contributed by atoms with Crippen LogP contribution in [0.25, 0.3) is 0 Å². The maximum Gasteiger partial charge on any atom is 0.248 e. The number of hydrogen-bond donors (Lipinski definition) is 1. The van der Waals surface area contributed by atoms with Gasteiger partial charge in [0.05, 0.1) is 11.3 Å². The predicted octanol–water partition coefficient (Wildman–Crippen LogP) is 1.95. The summed E-state index contributed by atoms with van der Waals surface area (Å²) in [4.78, 5) is 12.0.